The van der Waals surface area contributed by atoms with Crippen molar-refractivity contribution in [2.24, 2.45) is 0 Å². The summed E-state index contributed by atoms with van der Waals surface area (Å²) in [5.41, 5.74) is 1.44. The van der Waals surface area contributed by atoms with Crippen LogP contribution in [0.5, 0.6) is 0 Å². The summed E-state index contributed by atoms with van der Waals surface area (Å²) in [5.74, 6) is 0.673. The lowest BCUT2D eigenvalue weighted by atomic mass is 9.91. The molecule has 1 unspecified atom stereocenters. The van der Waals surface area contributed by atoms with Crippen molar-refractivity contribution in [3.63, 3.8) is 0 Å². The molecule has 2 heterocycles. The van der Waals surface area contributed by atoms with Crippen molar-refractivity contribution in [1.29, 1.82) is 0 Å². The fraction of sp³-hybridized carbons (Fsp3) is 0.824. The predicted octanol–water partition coefficient (Wildman–Crippen LogP) is 3.70. The molecule has 116 valence electrons. The first-order valence-electron chi connectivity index (χ1n) is 8.88. The van der Waals surface area contributed by atoms with Crippen molar-refractivity contribution in [1.82, 2.24) is 10.3 Å². The average molecular weight is 305 g/mol. The Hall–Kier alpha value is -0.610. The van der Waals surface area contributed by atoms with Crippen LogP contribution in [0.2, 0.25) is 0 Å². The normalized spacial score (nSPS) is 26.5. The van der Waals surface area contributed by atoms with Gasteiger partial charge in [0.1, 0.15) is 0 Å². The smallest absolute Gasteiger partial charge is 0.185 e. The zero-order valence-electron chi connectivity index (χ0n) is 12.9. The second-order valence-corrected chi connectivity index (χ2v) is 8.04. The Morgan fingerprint density at radius 1 is 1.05 bits per heavy atom. The van der Waals surface area contributed by atoms with Crippen molar-refractivity contribution in [2.75, 3.05) is 24.5 Å². The largest absolute Gasteiger partial charge is 0.348 e. The maximum Gasteiger partial charge on any atom is 0.185 e. The zero-order chi connectivity index (χ0) is 14.1. The van der Waals surface area contributed by atoms with Crippen LogP contribution in [0.15, 0.2) is 0 Å². The first kappa shape index (κ1) is 14.0. The summed E-state index contributed by atoms with van der Waals surface area (Å²) in [6, 6.07) is 0.819. The van der Waals surface area contributed by atoms with Crippen LogP contribution in [0.4, 0.5) is 5.13 Å². The molecule has 0 radical (unpaired) electrons. The Morgan fingerprint density at radius 3 is 2.62 bits per heavy atom. The van der Waals surface area contributed by atoms with Crippen LogP contribution in [-0.2, 0) is 6.42 Å². The topological polar surface area (TPSA) is 28.2 Å². The molecule has 2 fully saturated rings. The third-order valence-corrected chi connectivity index (χ3v) is 6.36. The number of thiazole rings is 1. The van der Waals surface area contributed by atoms with Gasteiger partial charge in [-0.2, -0.15) is 0 Å². The Morgan fingerprint density at radius 2 is 1.86 bits per heavy atom. The van der Waals surface area contributed by atoms with E-state index in [0.717, 1.165) is 12.6 Å². The molecule has 3 nitrogen and oxygen atoms in total. The molecule has 1 aromatic heterocycles. The highest BCUT2D eigenvalue weighted by molar-refractivity contribution is 7.15. The number of aryl methyl sites for hydroxylation is 1. The van der Waals surface area contributed by atoms with Gasteiger partial charge in [0.15, 0.2) is 5.13 Å². The van der Waals surface area contributed by atoms with E-state index in [9.17, 15) is 0 Å². The molecular weight excluding hydrogens is 278 g/mol. The van der Waals surface area contributed by atoms with Gasteiger partial charge in [-0.3, -0.25) is 0 Å². The molecule has 1 N–H and O–H groups in total. The molecule has 1 aliphatic heterocycles. The quantitative estimate of drug-likeness (QED) is 0.919. The summed E-state index contributed by atoms with van der Waals surface area (Å²) in [6.07, 6.45) is 12.2. The maximum atomic E-state index is 5.10. The van der Waals surface area contributed by atoms with Crippen molar-refractivity contribution in [3.8, 4) is 0 Å². The van der Waals surface area contributed by atoms with Gasteiger partial charge in [0, 0.05) is 36.5 Å². The second kappa shape index (κ2) is 6.25. The number of rotatable bonds is 4. The van der Waals surface area contributed by atoms with Gasteiger partial charge in [0.05, 0.1) is 5.69 Å². The lowest BCUT2D eigenvalue weighted by Gasteiger charge is -2.21. The lowest BCUT2D eigenvalue weighted by Crippen LogP contribution is -2.26. The third kappa shape index (κ3) is 3.26. The van der Waals surface area contributed by atoms with Gasteiger partial charge in [-0.25, -0.2) is 4.98 Å². The average Bonchev–Trinajstić information content (AvgIpc) is 3.28. The Balaban J connectivity index is 1.49. The van der Waals surface area contributed by atoms with Crippen LogP contribution >= 0.6 is 11.3 Å². The number of hydrogen-bond acceptors (Lipinski definition) is 4. The fourth-order valence-electron chi connectivity index (χ4n) is 3.69. The number of nitrogens with one attached hydrogen (secondary N) is 1. The minimum Gasteiger partial charge on any atom is -0.348 e. The summed E-state index contributed by atoms with van der Waals surface area (Å²) in [7, 11) is 0. The molecule has 1 saturated heterocycles. The molecule has 2 aliphatic carbocycles. The molecule has 4 rings (SSSR count). The standard InChI is InChI=1S/C17H27N3S/c1-2-4-11-20(10-3-1)17-19-16-13(12-18-14-8-9-14)6-5-7-15(16)21-17/h13-14,18H,1-12H2. The van der Waals surface area contributed by atoms with E-state index in [1.807, 2.05) is 11.3 Å². The maximum absolute atomic E-state index is 5.10. The Bertz CT molecular complexity index is 472. The van der Waals surface area contributed by atoms with Gasteiger partial charge in [0.25, 0.3) is 0 Å². The summed E-state index contributed by atoms with van der Waals surface area (Å²) in [4.78, 5) is 9.24. The van der Waals surface area contributed by atoms with Crippen molar-refractivity contribution in [2.45, 2.75) is 69.7 Å². The molecular formula is C17H27N3S. The molecule has 21 heavy (non-hydrogen) atoms. The van der Waals surface area contributed by atoms with E-state index in [0.29, 0.717) is 5.92 Å². The fourth-order valence-corrected chi connectivity index (χ4v) is 4.93. The highest BCUT2D eigenvalue weighted by Gasteiger charge is 2.28. The summed E-state index contributed by atoms with van der Waals surface area (Å²) in [6.45, 7) is 3.59. The summed E-state index contributed by atoms with van der Waals surface area (Å²) >= 11 is 1.99. The molecule has 1 atom stereocenters. The zero-order valence-corrected chi connectivity index (χ0v) is 13.8. The van der Waals surface area contributed by atoms with E-state index in [1.165, 1.54) is 81.7 Å². The third-order valence-electron chi connectivity index (χ3n) is 5.17. The monoisotopic (exact) mass is 305 g/mol. The van der Waals surface area contributed by atoms with Gasteiger partial charge in [-0.05, 0) is 44.9 Å². The molecule has 0 amide bonds. The highest BCUT2D eigenvalue weighted by atomic mass is 32.1. The summed E-state index contributed by atoms with van der Waals surface area (Å²) in [5, 5.41) is 5.04. The van der Waals surface area contributed by atoms with Crippen LogP contribution < -0.4 is 10.2 Å². The van der Waals surface area contributed by atoms with Crippen molar-refractivity contribution < 1.29 is 0 Å². The summed E-state index contributed by atoms with van der Waals surface area (Å²) < 4.78 is 0. The van der Waals surface area contributed by atoms with E-state index >= 15 is 0 Å². The van der Waals surface area contributed by atoms with Crippen LogP contribution in [0.25, 0.3) is 0 Å². The number of hydrogen-bond donors (Lipinski definition) is 1. The second-order valence-electron chi connectivity index (χ2n) is 6.98. The number of anilines is 1. The van der Waals surface area contributed by atoms with Crippen molar-refractivity contribution in [3.05, 3.63) is 10.6 Å². The van der Waals surface area contributed by atoms with E-state index in [1.54, 1.807) is 4.88 Å². The van der Waals surface area contributed by atoms with Gasteiger partial charge < -0.3 is 10.2 Å². The van der Waals surface area contributed by atoms with E-state index < -0.39 is 0 Å². The molecule has 0 bridgehead atoms. The highest BCUT2D eigenvalue weighted by Crippen LogP contribution is 2.38. The SMILES string of the molecule is C1CCCN(c2nc3c(s2)CCCC3CNC2CC2)CC1. The minimum absolute atomic E-state index is 0.673. The number of fused-ring (bicyclic) bond motifs is 1. The van der Waals surface area contributed by atoms with Crippen LogP contribution in [-0.4, -0.2) is 30.7 Å². The van der Waals surface area contributed by atoms with E-state index in [-0.39, 0.29) is 0 Å². The van der Waals surface area contributed by atoms with Gasteiger partial charge in [0.2, 0.25) is 0 Å². The van der Waals surface area contributed by atoms with E-state index in [2.05, 4.69) is 10.2 Å². The van der Waals surface area contributed by atoms with Gasteiger partial charge >= 0.3 is 0 Å². The van der Waals surface area contributed by atoms with Crippen LogP contribution in [0.1, 0.15) is 67.9 Å². The Kier molecular flexibility index (Phi) is 4.17. The molecule has 1 aromatic rings. The number of nitrogens with zero attached hydrogens (tertiary/aromatic N) is 2. The predicted molar refractivity (Wildman–Crippen MR) is 89.5 cm³/mol. The Labute approximate surface area is 132 Å². The van der Waals surface area contributed by atoms with Crippen LogP contribution in [0, 0.1) is 0 Å². The lowest BCUT2D eigenvalue weighted by molar-refractivity contribution is 0.500. The molecule has 4 heteroatoms. The molecule has 1 saturated carbocycles. The molecule has 3 aliphatic rings. The van der Waals surface area contributed by atoms with E-state index in [4.69, 9.17) is 4.98 Å². The minimum atomic E-state index is 0.673. The van der Waals surface area contributed by atoms with Crippen LogP contribution in [0.3, 0.4) is 0 Å². The first-order valence-corrected chi connectivity index (χ1v) is 9.70. The first-order chi connectivity index (χ1) is 10.4. The number of aromatic nitrogens is 1. The molecule has 0 spiro atoms. The molecule has 0 aromatic carbocycles. The van der Waals surface area contributed by atoms with Gasteiger partial charge in [-0.1, -0.05) is 12.8 Å². The van der Waals surface area contributed by atoms with Crippen molar-refractivity contribution >= 4 is 16.5 Å². The van der Waals surface area contributed by atoms with Gasteiger partial charge in [-0.15, -0.1) is 11.3 Å².